The van der Waals surface area contributed by atoms with Crippen molar-refractivity contribution in [1.29, 1.82) is 0 Å². The van der Waals surface area contributed by atoms with Crippen LogP contribution >= 0.6 is 0 Å². The van der Waals surface area contributed by atoms with Crippen LogP contribution in [0.2, 0.25) is 0 Å². The Morgan fingerprint density at radius 1 is 1.07 bits per heavy atom. The predicted molar refractivity (Wildman–Crippen MR) is 113 cm³/mol. The fraction of sp³-hybridized carbons (Fsp3) is 0.250. The molecule has 1 atom stereocenters. The first kappa shape index (κ1) is 21.3. The number of aliphatic hydroxyl groups excluding tert-OH is 1. The van der Waals surface area contributed by atoms with E-state index in [9.17, 15) is 24.9 Å². The molecule has 2 aromatic carbocycles. The number of aromatic carboxylic acids is 2. The summed E-state index contributed by atoms with van der Waals surface area (Å²) in [7, 11) is 0. The number of allylic oxidation sites excluding steroid dienone is 2. The van der Waals surface area contributed by atoms with Gasteiger partial charge in [-0.25, -0.2) is 9.59 Å². The van der Waals surface area contributed by atoms with Gasteiger partial charge in [0.15, 0.2) is 0 Å². The van der Waals surface area contributed by atoms with E-state index in [1.54, 1.807) is 12.3 Å². The summed E-state index contributed by atoms with van der Waals surface area (Å²) in [5.74, 6) is -2.46. The lowest BCUT2D eigenvalue weighted by Crippen LogP contribution is -2.15. The molecule has 3 N–H and O–H groups in total. The Kier molecular flexibility index (Phi) is 6.69. The molecule has 0 amide bonds. The molecule has 6 nitrogen and oxygen atoms in total. The van der Waals surface area contributed by atoms with Crippen molar-refractivity contribution in [2.24, 2.45) is 0 Å². The molecule has 0 saturated carbocycles. The highest BCUT2D eigenvalue weighted by molar-refractivity contribution is 6.03. The number of aliphatic hydroxyl groups is 1. The fourth-order valence-electron chi connectivity index (χ4n) is 3.82. The van der Waals surface area contributed by atoms with Crippen molar-refractivity contribution in [3.8, 4) is 0 Å². The smallest absolute Gasteiger partial charge is 0.336 e. The first-order valence-corrected chi connectivity index (χ1v) is 9.71. The van der Waals surface area contributed by atoms with Crippen LogP contribution in [0, 0.1) is 0 Å². The van der Waals surface area contributed by atoms with Gasteiger partial charge in [0.1, 0.15) is 0 Å². The number of fused-ring (bicyclic) bond motifs is 1. The van der Waals surface area contributed by atoms with Gasteiger partial charge in [-0.05, 0) is 47.2 Å². The zero-order valence-electron chi connectivity index (χ0n) is 16.7. The predicted octanol–water partition coefficient (Wildman–Crippen LogP) is 3.89. The Morgan fingerprint density at radius 3 is 2.53 bits per heavy atom. The summed E-state index contributed by atoms with van der Waals surface area (Å²) >= 11 is 0. The van der Waals surface area contributed by atoms with E-state index < -0.39 is 11.9 Å². The number of carboxylic acids is 2. The molecule has 0 aliphatic heterocycles. The molecule has 2 aromatic rings. The monoisotopic (exact) mass is 408 g/mol. The first-order valence-electron chi connectivity index (χ1n) is 9.71. The number of carboxylic acid groups (broad SMARTS) is 2. The molecule has 1 aliphatic carbocycles. The molecule has 3 rings (SSSR count). The van der Waals surface area contributed by atoms with Gasteiger partial charge in [-0.1, -0.05) is 42.5 Å². The molecule has 0 radical (unpaired) electrons. The molecule has 0 saturated heterocycles. The molecule has 0 fully saturated rings. The molecule has 6 heteroatoms. The lowest BCUT2D eigenvalue weighted by Gasteiger charge is -2.15. The zero-order chi connectivity index (χ0) is 21.7. The van der Waals surface area contributed by atoms with Gasteiger partial charge in [0.05, 0.1) is 24.0 Å². The average Bonchev–Trinajstić information content (AvgIpc) is 3.15. The molecule has 0 bridgehead atoms. The molecular weight excluding hydrogens is 384 g/mol. The Labute approximate surface area is 174 Å². The summed E-state index contributed by atoms with van der Waals surface area (Å²) in [6, 6.07) is 11.1. The maximum absolute atomic E-state index is 11.6. The van der Waals surface area contributed by atoms with Gasteiger partial charge >= 0.3 is 11.9 Å². The van der Waals surface area contributed by atoms with E-state index >= 15 is 0 Å². The summed E-state index contributed by atoms with van der Waals surface area (Å²) in [4.78, 5) is 23.0. The zero-order valence-corrected chi connectivity index (χ0v) is 16.7. The molecular formula is C24H24O6. The molecule has 30 heavy (non-hydrogen) atoms. The minimum atomic E-state index is -1.32. The van der Waals surface area contributed by atoms with E-state index in [4.69, 9.17) is 4.74 Å². The van der Waals surface area contributed by atoms with Crippen molar-refractivity contribution in [3.05, 3.63) is 87.7 Å². The van der Waals surface area contributed by atoms with Gasteiger partial charge in [-0.15, -0.1) is 0 Å². The highest BCUT2D eigenvalue weighted by Gasteiger charge is 2.22. The van der Waals surface area contributed by atoms with Crippen molar-refractivity contribution in [3.63, 3.8) is 0 Å². The number of carbonyl (C=O) groups is 2. The van der Waals surface area contributed by atoms with E-state index in [-0.39, 0.29) is 30.1 Å². The SMILES string of the molecule is CC(=COCCc1ccc(C(=O)O)c(C(=O)O)c1CCO)C1C=Cc2ccccc21. The van der Waals surface area contributed by atoms with Crippen LogP contribution in [0.3, 0.4) is 0 Å². The minimum Gasteiger partial charge on any atom is -0.501 e. The van der Waals surface area contributed by atoms with E-state index in [1.807, 2.05) is 19.1 Å². The van der Waals surface area contributed by atoms with Crippen LogP contribution in [-0.4, -0.2) is 40.5 Å². The lowest BCUT2D eigenvalue weighted by molar-refractivity contribution is 0.0650. The maximum Gasteiger partial charge on any atom is 0.336 e. The second-order valence-electron chi connectivity index (χ2n) is 7.16. The van der Waals surface area contributed by atoms with E-state index in [0.717, 1.165) is 5.57 Å². The highest BCUT2D eigenvalue weighted by Crippen LogP contribution is 2.34. The highest BCUT2D eigenvalue weighted by atomic mass is 16.5. The normalized spacial score (nSPS) is 15.1. The number of rotatable bonds is 9. The third-order valence-electron chi connectivity index (χ3n) is 5.26. The Bertz CT molecular complexity index is 1020. The number of hydrogen-bond acceptors (Lipinski definition) is 4. The summed E-state index contributed by atoms with van der Waals surface area (Å²) in [6.45, 7) is 2.03. The van der Waals surface area contributed by atoms with Crippen LogP contribution < -0.4 is 0 Å². The van der Waals surface area contributed by atoms with Gasteiger partial charge in [0.25, 0.3) is 0 Å². The van der Waals surface area contributed by atoms with Gasteiger partial charge in [0, 0.05) is 18.9 Å². The van der Waals surface area contributed by atoms with Gasteiger partial charge in [0.2, 0.25) is 0 Å². The van der Waals surface area contributed by atoms with Crippen LogP contribution in [0.4, 0.5) is 0 Å². The molecule has 1 aliphatic rings. The standard InChI is InChI=1S/C24H24O6/c1-15(18-8-6-16-4-2-3-5-19(16)18)14-30-13-11-17-7-9-21(23(26)27)22(24(28)29)20(17)10-12-25/h2-9,14,18,25H,10-13H2,1H3,(H,26,27)(H,28,29). The van der Waals surface area contributed by atoms with Crippen LogP contribution in [0.1, 0.15) is 55.8 Å². The third kappa shape index (κ3) is 4.44. The Hall–Kier alpha value is -3.38. The number of hydrogen-bond donors (Lipinski definition) is 3. The van der Waals surface area contributed by atoms with Crippen molar-refractivity contribution in [2.45, 2.75) is 25.7 Å². The fourth-order valence-corrected chi connectivity index (χ4v) is 3.82. The van der Waals surface area contributed by atoms with Gasteiger partial charge in [-0.2, -0.15) is 0 Å². The average molecular weight is 408 g/mol. The first-order chi connectivity index (χ1) is 14.4. The minimum absolute atomic E-state index is 0.0661. The Balaban J connectivity index is 1.72. The third-order valence-corrected chi connectivity index (χ3v) is 5.26. The van der Waals surface area contributed by atoms with Crippen molar-refractivity contribution in [1.82, 2.24) is 0 Å². The maximum atomic E-state index is 11.6. The molecule has 1 unspecified atom stereocenters. The van der Waals surface area contributed by atoms with E-state index in [2.05, 4.69) is 24.3 Å². The second kappa shape index (κ2) is 9.41. The topological polar surface area (TPSA) is 104 Å². The van der Waals surface area contributed by atoms with Crippen LogP contribution in [0.25, 0.3) is 6.08 Å². The van der Waals surface area contributed by atoms with Gasteiger partial charge in [-0.3, -0.25) is 0 Å². The molecule has 0 spiro atoms. The molecule has 0 aromatic heterocycles. The van der Waals surface area contributed by atoms with Crippen LogP contribution in [0.5, 0.6) is 0 Å². The van der Waals surface area contributed by atoms with Gasteiger partial charge < -0.3 is 20.1 Å². The van der Waals surface area contributed by atoms with E-state index in [0.29, 0.717) is 24.2 Å². The van der Waals surface area contributed by atoms with Crippen molar-refractivity contribution < 1.29 is 29.6 Å². The summed E-state index contributed by atoms with van der Waals surface area (Å²) in [6.07, 6.45) is 6.40. The van der Waals surface area contributed by atoms with Crippen LogP contribution in [0.15, 0.2) is 54.3 Å². The van der Waals surface area contributed by atoms with Crippen molar-refractivity contribution >= 4 is 18.0 Å². The largest absolute Gasteiger partial charge is 0.501 e. The summed E-state index contributed by atoms with van der Waals surface area (Å²) < 4.78 is 5.72. The van der Waals surface area contributed by atoms with E-state index in [1.165, 1.54) is 17.2 Å². The quantitative estimate of drug-likeness (QED) is 0.430. The summed E-state index contributed by atoms with van der Waals surface area (Å²) in [5.41, 5.74) is 3.93. The summed E-state index contributed by atoms with van der Waals surface area (Å²) in [5, 5.41) is 28.1. The molecule has 0 heterocycles. The number of ether oxygens (including phenoxy) is 1. The second-order valence-corrected chi connectivity index (χ2v) is 7.16. The van der Waals surface area contributed by atoms with Crippen LogP contribution in [-0.2, 0) is 17.6 Å². The number of benzene rings is 2. The molecule has 156 valence electrons. The van der Waals surface area contributed by atoms with Crippen molar-refractivity contribution in [2.75, 3.05) is 13.2 Å². The Morgan fingerprint density at radius 2 is 1.83 bits per heavy atom. The lowest BCUT2D eigenvalue weighted by atomic mass is 9.92.